The van der Waals surface area contributed by atoms with Crippen molar-refractivity contribution in [3.63, 3.8) is 0 Å². The molecule has 0 aliphatic rings. The van der Waals surface area contributed by atoms with Gasteiger partial charge < -0.3 is 19.9 Å². The zero-order valence-corrected chi connectivity index (χ0v) is 17.0. The lowest BCUT2D eigenvalue weighted by Gasteiger charge is -2.21. The number of aliphatic imine (C=N–C) groups is 1. The molecule has 1 aromatic carbocycles. The molecule has 148 valence electrons. The maximum absolute atomic E-state index is 5.42. The van der Waals surface area contributed by atoms with E-state index in [1.165, 1.54) is 5.56 Å². The first-order valence-electron chi connectivity index (χ1n) is 9.46. The van der Waals surface area contributed by atoms with E-state index in [1.54, 1.807) is 7.11 Å². The quantitative estimate of drug-likeness (QED) is 0.519. The lowest BCUT2D eigenvalue weighted by Crippen LogP contribution is -2.40. The Hall–Kier alpha value is -2.41. The second-order valence-corrected chi connectivity index (χ2v) is 6.90. The van der Waals surface area contributed by atoms with E-state index in [0.29, 0.717) is 12.4 Å². The van der Waals surface area contributed by atoms with Crippen molar-refractivity contribution in [1.29, 1.82) is 0 Å². The first-order valence-corrected chi connectivity index (χ1v) is 9.46. The van der Waals surface area contributed by atoms with Crippen LogP contribution in [0.2, 0.25) is 0 Å². The summed E-state index contributed by atoms with van der Waals surface area (Å²) in [5, 5.41) is 10.6. The van der Waals surface area contributed by atoms with Crippen LogP contribution in [0.25, 0.3) is 11.5 Å². The molecule has 0 spiro atoms. The molecule has 1 aromatic heterocycles. The lowest BCUT2D eigenvalue weighted by atomic mass is 10.1. The predicted octanol–water partition coefficient (Wildman–Crippen LogP) is 2.82. The number of ether oxygens (including phenoxy) is 1. The number of rotatable bonds is 9. The smallest absolute Gasteiger partial charge is 0.257 e. The second-order valence-electron chi connectivity index (χ2n) is 6.90. The summed E-state index contributed by atoms with van der Waals surface area (Å²) < 4.78 is 10.7. The van der Waals surface area contributed by atoms with Crippen molar-refractivity contribution in [2.24, 2.45) is 4.99 Å². The summed E-state index contributed by atoms with van der Waals surface area (Å²) in [6, 6.07) is 8.21. The SMILES string of the molecule is CCNC(=NCC(C)(C)OC)NCCc1ccc(-c2nc(CC)no2)cc1. The standard InChI is InChI=1S/C20H31N5O2/c1-6-17-24-18(27-25-17)16-10-8-15(9-11-16)12-13-22-19(21-7-2)23-14-20(3,4)26-5/h8-11H,6-7,12-14H2,1-5H3,(H2,21,22,23). The molecule has 0 saturated heterocycles. The van der Waals surface area contributed by atoms with Crippen LogP contribution in [0.15, 0.2) is 33.8 Å². The van der Waals surface area contributed by atoms with Crippen LogP contribution in [-0.4, -0.2) is 48.4 Å². The average Bonchev–Trinajstić information content (AvgIpc) is 3.16. The van der Waals surface area contributed by atoms with Crippen LogP contribution in [0.1, 0.15) is 39.1 Å². The highest BCUT2D eigenvalue weighted by Crippen LogP contribution is 2.18. The molecule has 7 heteroatoms. The van der Waals surface area contributed by atoms with E-state index in [9.17, 15) is 0 Å². The Morgan fingerprint density at radius 1 is 1.19 bits per heavy atom. The van der Waals surface area contributed by atoms with Gasteiger partial charge in [-0.3, -0.25) is 4.99 Å². The molecule has 2 rings (SSSR count). The van der Waals surface area contributed by atoms with Crippen LogP contribution in [-0.2, 0) is 17.6 Å². The van der Waals surface area contributed by atoms with Gasteiger partial charge in [0.25, 0.3) is 5.89 Å². The van der Waals surface area contributed by atoms with E-state index in [1.807, 2.05) is 32.9 Å². The van der Waals surface area contributed by atoms with Crippen LogP contribution >= 0.6 is 0 Å². The predicted molar refractivity (Wildman–Crippen MR) is 108 cm³/mol. The molecule has 0 radical (unpaired) electrons. The second kappa shape index (κ2) is 10.1. The average molecular weight is 374 g/mol. The van der Waals surface area contributed by atoms with Gasteiger partial charge in [0.1, 0.15) is 0 Å². The van der Waals surface area contributed by atoms with Crippen LogP contribution in [0.5, 0.6) is 0 Å². The zero-order valence-electron chi connectivity index (χ0n) is 17.0. The molecule has 7 nitrogen and oxygen atoms in total. The van der Waals surface area contributed by atoms with Crippen molar-refractivity contribution in [3.8, 4) is 11.5 Å². The van der Waals surface area contributed by atoms with E-state index in [0.717, 1.165) is 43.3 Å². The Bertz CT molecular complexity index is 722. The van der Waals surface area contributed by atoms with Crippen LogP contribution in [0.3, 0.4) is 0 Å². The molecule has 1 heterocycles. The van der Waals surface area contributed by atoms with Crippen molar-refractivity contribution < 1.29 is 9.26 Å². The summed E-state index contributed by atoms with van der Waals surface area (Å²) in [6.45, 7) is 10.3. The third-order valence-corrected chi connectivity index (χ3v) is 4.21. The van der Waals surface area contributed by atoms with Crippen molar-refractivity contribution in [3.05, 3.63) is 35.7 Å². The number of nitrogens with zero attached hydrogens (tertiary/aromatic N) is 3. The van der Waals surface area contributed by atoms with Gasteiger partial charge in [-0.25, -0.2) is 0 Å². The molecule has 2 aromatic rings. The third-order valence-electron chi connectivity index (χ3n) is 4.21. The molecule has 0 saturated carbocycles. The van der Waals surface area contributed by atoms with Gasteiger partial charge in [-0.2, -0.15) is 4.98 Å². The molecule has 0 atom stereocenters. The maximum Gasteiger partial charge on any atom is 0.257 e. The third kappa shape index (κ3) is 6.67. The fraction of sp³-hybridized carbons (Fsp3) is 0.550. The highest BCUT2D eigenvalue weighted by atomic mass is 16.5. The Morgan fingerprint density at radius 2 is 1.93 bits per heavy atom. The van der Waals surface area contributed by atoms with Crippen LogP contribution in [0.4, 0.5) is 0 Å². The van der Waals surface area contributed by atoms with Gasteiger partial charge in [0.05, 0.1) is 12.1 Å². The minimum atomic E-state index is -0.273. The lowest BCUT2D eigenvalue weighted by molar-refractivity contribution is 0.0310. The van der Waals surface area contributed by atoms with Gasteiger partial charge in [0, 0.05) is 32.2 Å². The van der Waals surface area contributed by atoms with E-state index in [2.05, 4.69) is 44.8 Å². The zero-order chi connectivity index (χ0) is 19.7. The van der Waals surface area contributed by atoms with Gasteiger partial charge >= 0.3 is 0 Å². The molecule has 0 aliphatic carbocycles. The normalized spacial score (nSPS) is 12.3. The molecule has 2 N–H and O–H groups in total. The summed E-state index contributed by atoms with van der Waals surface area (Å²) in [6.07, 6.45) is 1.66. The highest BCUT2D eigenvalue weighted by Gasteiger charge is 2.15. The fourth-order valence-electron chi connectivity index (χ4n) is 2.33. The molecule has 0 bridgehead atoms. The van der Waals surface area contributed by atoms with Crippen molar-refractivity contribution in [2.75, 3.05) is 26.7 Å². The number of aryl methyl sites for hydroxylation is 1. The molecule has 0 unspecified atom stereocenters. The van der Waals surface area contributed by atoms with E-state index in [-0.39, 0.29) is 5.60 Å². The summed E-state index contributed by atoms with van der Waals surface area (Å²) in [4.78, 5) is 8.95. The van der Waals surface area contributed by atoms with Crippen molar-refractivity contribution in [2.45, 2.75) is 46.1 Å². The van der Waals surface area contributed by atoms with Gasteiger partial charge in [0.2, 0.25) is 0 Å². The molecule has 0 fully saturated rings. The fourth-order valence-corrected chi connectivity index (χ4v) is 2.33. The number of benzene rings is 1. The van der Waals surface area contributed by atoms with Crippen LogP contribution in [0, 0.1) is 0 Å². The minimum Gasteiger partial charge on any atom is -0.377 e. The highest BCUT2D eigenvalue weighted by molar-refractivity contribution is 5.79. The van der Waals surface area contributed by atoms with E-state index in [4.69, 9.17) is 9.26 Å². The van der Waals surface area contributed by atoms with Crippen molar-refractivity contribution in [1.82, 2.24) is 20.8 Å². The summed E-state index contributed by atoms with van der Waals surface area (Å²) in [5.74, 6) is 2.10. The Morgan fingerprint density at radius 3 is 2.52 bits per heavy atom. The van der Waals surface area contributed by atoms with Gasteiger partial charge in [-0.15, -0.1) is 0 Å². The number of methoxy groups -OCH3 is 1. The topological polar surface area (TPSA) is 84.6 Å². The molecule has 27 heavy (non-hydrogen) atoms. The maximum atomic E-state index is 5.42. The summed E-state index contributed by atoms with van der Waals surface area (Å²) in [7, 11) is 1.71. The van der Waals surface area contributed by atoms with Gasteiger partial charge in [0.15, 0.2) is 11.8 Å². The largest absolute Gasteiger partial charge is 0.377 e. The molecule has 0 aliphatic heterocycles. The number of hydrogen-bond donors (Lipinski definition) is 2. The first-order chi connectivity index (χ1) is 13.0. The Kier molecular flexibility index (Phi) is 7.79. The Balaban J connectivity index is 1.88. The van der Waals surface area contributed by atoms with Gasteiger partial charge in [-0.05, 0) is 44.9 Å². The Labute approximate surface area is 161 Å². The first kappa shape index (κ1) is 20.9. The monoisotopic (exact) mass is 373 g/mol. The minimum absolute atomic E-state index is 0.273. The summed E-state index contributed by atoms with van der Waals surface area (Å²) in [5.41, 5.74) is 1.90. The molecular formula is C20H31N5O2. The van der Waals surface area contributed by atoms with E-state index >= 15 is 0 Å². The van der Waals surface area contributed by atoms with Crippen LogP contribution < -0.4 is 10.6 Å². The number of guanidine groups is 1. The molecular weight excluding hydrogens is 342 g/mol. The summed E-state index contributed by atoms with van der Waals surface area (Å²) >= 11 is 0. The molecule has 0 amide bonds. The number of aromatic nitrogens is 2. The van der Waals surface area contributed by atoms with Crippen molar-refractivity contribution >= 4 is 5.96 Å². The number of nitrogens with one attached hydrogen (secondary N) is 2. The number of hydrogen-bond acceptors (Lipinski definition) is 5. The van der Waals surface area contributed by atoms with E-state index < -0.39 is 0 Å². The van der Waals surface area contributed by atoms with Gasteiger partial charge in [-0.1, -0.05) is 24.2 Å².